The Labute approximate surface area is 113 Å². The summed E-state index contributed by atoms with van der Waals surface area (Å²) in [7, 11) is 1.98. The van der Waals surface area contributed by atoms with E-state index in [4.69, 9.17) is 0 Å². The van der Waals surface area contributed by atoms with E-state index < -0.39 is 0 Å². The van der Waals surface area contributed by atoms with Gasteiger partial charge < -0.3 is 10.2 Å². The van der Waals surface area contributed by atoms with Crippen molar-refractivity contribution in [1.82, 2.24) is 5.32 Å². The van der Waals surface area contributed by atoms with Crippen LogP contribution in [0.2, 0.25) is 0 Å². The molecule has 0 radical (unpaired) electrons. The highest BCUT2D eigenvalue weighted by molar-refractivity contribution is 9.10. The third-order valence-corrected chi connectivity index (χ3v) is 4.05. The summed E-state index contributed by atoms with van der Waals surface area (Å²) in [5, 5.41) is 3.18. The van der Waals surface area contributed by atoms with Crippen LogP contribution < -0.4 is 10.2 Å². The van der Waals surface area contributed by atoms with Gasteiger partial charge in [-0.2, -0.15) is 0 Å². The lowest BCUT2D eigenvalue weighted by molar-refractivity contribution is 0.418. The molecule has 17 heavy (non-hydrogen) atoms. The normalized spacial score (nSPS) is 18.7. The molecule has 0 amide bonds. The van der Waals surface area contributed by atoms with Crippen molar-refractivity contribution in [2.75, 3.05) is 25.0 Å². The number of halogens is 1. The van der Waals surface area contributed by atoms with Crippen LogP contribution in [-0.4, -0.2) is 20.1 Å². The molecule has 1 N–H and O–H groups in total. The van der Waals surface area contributed by atoms with Gasteiger partial charge in [-0.1, -0.05) is 19.9 Å². The summed E-state index contributed by atoms with van der Waals surface area (Å²) in [6.45, 7) is 7.92. The molecule has 0 aromatic heterocycles. The maximum atomic E-state index is 3.70. The van der Waals surface area contributed by atoms with Crippen LogP contribution >= 0.6 is 15.9 Å². The highest BCUT2D eigenvalue weighted by atomic mass is 79.9. The zero-order valence-corrected chi connectivity index (χ0v) is 12.5. The van der Waals surface area contributed by atoms with Crippen LogP contribution in [0.25, 0.3) is 0 Å². The summed E-state index contributed by atoms with van der Waals surface area (Å²) in [5.74, 6) is 0. The van der Waals surface area contributed by atoms with E-state index in [1.165, 1.54) is 22.1 Å². The van der Waals surface area contributed by atoms with Crippen molar-refractivity contribution in [1.29, 1.82) is 0 Å². The number of anilines is 1. The summed E-state index contributed by atoms with van der Waals surface area (Å²) in [6.07, 6.45) is 1.28. The van der Waals surface area contributed by atoms with E-state index >= 15 is 0 Å². The molecule has 0 unspecified atom stereocenters. The van der Waals surface area contributed by atoms with Crippen molar-refractivity contribution in [2.24, 2.45) is 5.41 Å². The summed E-state index contributed by atoms with van der Waals surface area (Å²) < 4.78 is 1.21. The maximum Gasteiger partial charge on any atom is 0.0511 e. The third kappa shape index (κ3) is 3.02. The number of hydrogen-bond acceptors (Lipinski definition) is 2. The standard InChI is InChI=1S/C14H21BrN2/c1-14(2)6-7-17(10-14)13-5-4-11(9-16-3)8-12(13)15/h4-5,8,16H,6-7,9-10H2,1-3H3. The van der Waals surface area contributed by atoms with Crippen molar-refractivity contribution in [3.05, 3.63) is 28.2 Å². The van der Waals surface area contributed by atoms with Gasteiger partial charge in [0.2, 0.25) is 0 Å². The highest BCUT2D eigenvalue weighted by Gasteiger charge is 2.29. The van der Waals surface area contributed by atoms with Gasteiger partial charge in [-0.15, -0.1) is 0 Å². The Kier molecular flexibility index (Phi) is 3.79. The number of rotatable bonds is 3. The van der Waals surface area contributed by atoms with Gasteiger partial charge in [0.1, 0.15) is 0 Å². The Morgan fingerprint density at radius 1 is 1.41 bits per heavy atom. The van der Waals surface area contributed by atoms with Crippen LogP contribution in [0.1, 0.15) is 25.8 Å². The monoisotopic (exact) mass is 296 g/mol. The second-order valence-corrected chi connectivity index (χ2v) is 6.51. The molecule has 2 rings (SSSR count). The van der Waals surface area contributed by atoms with Gasteiger partial charge in [-0.25, -0.2) is 0 Å². The Bertz CT molecular complexity index is 401. The average Bonchev–Trinajstić information content (AvgIpc) is 2.59. The molecule has 0 saturated carbocycles. The molecule has 3 heteroatoms. The van der Waals surface area contributed by atoms with Crippen molar-refractivity contribution in [3.63, 3.8) is 0 Å². The molecular weight excluding hydrogens is 276 g/mol. The second kappa shape index (κ2) is 4.99. The van der Waals surface area contributed by atoms with Gasteiger partial charge in [0.05, 0.1) is 5.69 Å². The maximum absolute atomic E-state index is 3.70. The van der Waals surface area contributed by atoms with Gasteiger partial charge in [-0.3, -0.25) is 0 Å². The fraction of sp³-hybridized carbons (Fsp3) is 0.571. The van der Waals surface area contributed by atoms with Gasteiger partial charge in [0.15, 0.2) is 0 Å². The lowest BCUT2D eigenvalue weighted by Crippen LogP contribution is -2.23. The van der Waals surface area contributed by atoms with E-state index in [-0.39, 0.29) is 0 Å². The van der Waals surface area contributed by atoms with Crippen LogP contribution in [0.3, 0.4) is 0 Å². The molecular formula is C14H21BrN2. The Hall–Kier alpha value is -0.540. The smallest absolute Gasteiger partial charge is 0.0511 e. The second-order valence-electron chi connectivity index (χ2n) is 5.65. The van der Waals surface area contributed by atoms with Crippen LogP contribution in [-0.2, 0) is 6.54 Å². The number of nitrogens with one attached hydrogen (secondary N) is 1. The molecule has 1 aliphatic heterocycles. The molecule has 1 fully saturated rings. The summed E-state index contributed by atoms with van der Waals surface area (Å²) >= 11 is 3.70. The van der Waals surface area contributed by atoms with E-state index in [0.29, 0.717) is 5.41 Å². The minimum absolute atomic E-state index is 0.448. The topological polar surface area (TPSA) is 15.3 Å². The molecule has 0 aliphatic carbocycles. The van der Waals surface area contributed by atoms with E-state index in [0.717, 1.165) is 19.6 Å². The summed E-state index contributed by atoms with van der Waals surface area (Å²) in [6, 6.07) is 6.66. The number of nitrogens with zero attached hydrogens (tertiary/aromatic N) is 1. The van der Waals surface area contributed by atoms with Gasteiger partial charge in [0.25, 0.3) is 0 Å². The first-order valence-corrected chi connectivity index (χ1v) is 6.99. The third-order valence-electron chi connectivity index (χ3n) is 3.41. The predicted octanol–water partition coefficient (Wildman–Crippen LogP) is 3.40. The van der Waals surface area contributed by atoms with Crippen LogP contribution in [0.5, 0.6) is 0 Å². The largest absolute Gasteiger partial charge is 0.370 e. The van der Waals surface area contributed by atoms with Crippen molar-refractivity contribution in [2.45, 2.75) is 26.8 Å². The molecule has 1 heterocycles. The van der Waals surface area contributed by atoms with E-state index in [2.05, 4.69) is 58.2 Å². The fourth-order valence-corrected chi connectivity index (χ4v) is 3.12. The minimum atomic E-state index is 0.448. The first-order valence-electron chi connectivity index (χ1n) is 6.20. The number of hydrogen-bond donors (Lipinski definition) is 1. The Morgan fingerprint density at radius 2 is 2.18 bits per heavy atom. The minimum Gasteiger partial charge on any atom is -0.370 e. The lowest BCUT2D eigenvalue weighted by Gasteiger charge is -2.23. The zero-order chi connectivity index (χ0) is 12.5. The molecule has 2 nitrogen and oxygen atoms in total. The molecule has 1 saturated heterocycles. The summed E-state index contributed by atoms with van der Waals surface area (Å²) in [4.78, 5) is 2.48. The van der Waals surface area contributed by atoms with Crippen LogP contribution in [0, 0.1) is 5.41 Å². The molecule has 0 spiro atoms. The quantitative estimate of drug-likeness (QED) is 0.920. The zero-order valence-electron chi connectivity index (χ0n) is 10.9. The van der Waals surface area contributed by atoms with Crippen LogP contribution in [0.4, 0.5) is 5.69 Å². The fourth-order valence-electron chi connectivity index (χ4n) is 2.44. The van der Waals surface area contributed by atoms with Gasteiger partial charge in [-0.05, 0) is 52.5 Å². The van der Waals surface area contributed by atoms with Crippen LogP contribution in [0.15, 0.2) is 22.7 Å². The molecule has 0 atom stereocenters. The molecule has 1 aromatic rings. The number of benzene rings is 1. The Morgan fingerprint density at radius 3 is 2.71 bits per heavy atom. The van der Waals surface area contributed by atoms with E-state index in [1.807, 2.05) is 7.05 Å². The highest BCUT2D eigenvalue weighted by Crippen LogP contribution is 2.36. The molecule has 1 aliphatic rings. The lowest BCUT2D eigenvalue weighted by atomic mass is 9.93. The van der Waals surface area contributed by atoms with Crippen molar-refractivity contribution in [3.8, 4) is 0 Å². The predicted molar refractivity (Wildman–Crippen MR) is 77.5 cm³/mol. The summed E-state index contributed by atoms with van der Waals surface area (Å²) in [5.41, 5.74) is 3.10. The van der Waals surface area contributed by atoms with Gasteiger partial charge >= 0.3 is 0 Å². The SMILES string of the molecule is CNCc1ccc(N2CCC(C)(C)C2)c(Br)c1. The van der Waals surface area contributed by atoms with Crippen molar-refractivity contribution >= 4 is 21.6 Å². The molecule has 94 valence electrons. The van der Waals surface area contributed by atoms with E-state index in [9.17, 15) is 0 Å². The van der Waals surface area contributed by atoms with Gasteiger partial charge in [0, 0.05) is 24.1 Å². The van der Waals surface area contributed by atoms with E-state index in [1.54, 1.807) is 0 Å². The molecule has 1 aromatic carbocycles. The average molecular weight is 297 g/mol. The first kappa shape index (κ1) is 12.9. The van der Waals surface area contributed by atoms with Crippen molar-refractivity contribution < 1.29 is 0 Å². The Balaban J connectivity index is 2.17. The first-order chi connectivity index (χ1) is 8.02. The molecule has 0 bridgehead atoms.